The monoisotopic (exact) mass is 457 g/mol. The van der Waals surface area contributed by atoms with E-state index in [0.717, 1.165) is 43.2 Å². The largest absolute Gasteiger partial charge is 0.386 e. The summed E-state index contributed by atoms with van der Waals surface area (Å²) in [5.41, 5.74) is 16.7. The van der Waals surface area contributed by atoms with Crippen molar-refractivity contribution in [2.24, 2.45) is 10.7 Å². The first-order valence-electron chi connectivity index (χ1n) is 12.0. The van der Waals surface area contributed by atoms with E-state index in [1.807, 2.05) is 0 Å². The van der Waals surface area contributed by atoms with Crippen molar-refractivity contribution < 1.29 is 0 Å². The average molecular weight is 458 g/mol. The predicted molar refractivity (Wildman–Crippen MR) is 146 cm³/mol. The van der Waals surface area contributed by atoms with Gasteiger partial charge in [-0.15, -0.1) is 0 Å². The molecule has 0 saturated heterocycles. The van der Waals surface area contributed by atoms with E-state index in [4.69, 9.17) is 10.7 Å². The van der Waals surface area contributed by atoms with Crippen molar-refractivity contribution in [3.05, 3.63) is 94.5 Å². The molecule has 0 amide bonds. The summed E-state index contributed by atoms with van der Waals surface area (Å²) >= 11 is 0. The van der Waals surface area contributed by atoms with Crippen LogP contribution in [0.15, 0.2) is 60.5 Å². The van der Waals surface area contributed by atoms with Crippen LogP contribution in [0.3, 0.4) is 0 Å². The third-order valence-corrected chi connectivity index (χ3v) is 6.33. The zero-order chi connectivity index (χ0) is 24.8. The predicted octanol–water partition coefficient (Wildman–Crippen LogP) is 5.16. The van der Waals surface area contributed by atoms with Gasteiger partial charge in [-0.3, -0.25) is 0 Å². The number of benzene rings is 2. The highest BCUT2D eigenvalue weighted by Gasteiger charge is 2.20. The van der Waals surface area contributed by atoms with E-state index in [1.54, 1.807) is 6.20 Å². The van der Waals surface area contributed by atoms with Gasteiger partial charge >= 0.3 is 0 Å². The maximum Gasteiger partial charge on any atom is 0.131 e. The molecule has 0 spiro atoms. The van der Waals surface area contributed by atoms with Crippen LogP contribution in [0.4, 0.5) is 5.69 Å². The fraction of sp³-hybridized carbons (Fsp3) is 0.345. The van der Waals surface area contributed by atoms with Crippen LogP contribution in [0.2, 0.25) is 0 Å². The quantitative estimate of drug-likeness (QED) is 0.512. The van der Waals surface area contributed by atoms with Gasteiger partial charge in [0, 0.05) is 37.0 Å². The lowest BCUT2D eigenvalue weighted by atomic mass is 9.92. The van der Waals surface area contributed by atoms with Crippen molar-refractivity contribution in [2.45, 2.75) is 47.5 Å². The SMILES string of the molecule is C=CN/C1=C\C(=N/c2c(C)cc(C)cc2C)N(CCNC(=C)N)CCc2cc(C)c(CC)cc21. The molecule has 2 aromatic carbocycles. The first-order valence-corrected chi connectivity index (χ1v) is 12.0. The molecular weight excluding hydrogens is 418 g/mol. The molecule has 0 radical (unpaired) electrons. The van der Waals surface area contributed by atoms with Gasteiger partial charge in [0.15, 0.2) is 0 Å². The molecule has 180 valence electrons. The van der Waals surface area contributed by atoms with Gasteiger partial charge in [-0.05, 0) is 80.6 Å². The molecule has 0 saturated carbocycles. The van der Waals surface area contributed by atoms with Crippen molar-refractivity contribution in [3.8, 4) is 0 Å². The Morgan fingerprint density at radius 1 is 1.12 bits per heavy atom. The van der Waals surface area contributed by atoms with E-state index in [-0.39, 0.29) is 0 Å². The Labute approximate surface area is 205 Å². The fourth-order valence-electron chi connectivity index (χ4n) is 4.69. The average Bonchev–Trinajstić information content (AvgIpc) is 2.76. The second-order valence-electron chi connectivity index (χ2n) is 9.10. The standard InChI is InChI=1S/C29H39N5/c1-8-24-17-26-25(16-20(24)4)10-12-34(13-11-32-23(7)30)28(18-27(26)31-9-2)33-29-21(5)14-19(3)15-22(29)6/h9,14-18,31-32H,2,7-8,10-13,30H2,1,3-6H3/b27-18-,33-28+. The second-order valence-corrected chi connectivity index (χ2v) is 9.10. The van der Waals surface area contributed by atoms with Gasteiger partial charge < -0.3 is 21.3 Å². The summed E-state index contributed by atoms with van der Waals surface area (Å²) in [5.74, 6) is 1.40. The normalized spacial score (nSPS) is 16.2. The van der Waals surface area contributed by atoms with Gasteiger partial charge in [0.05, 0.1) is 11.5 Å². The maximum absolute atomic E-state index is 5.76. The maximum atomic E-state index is 5.76. The van der Waals surface area contributed by atoms with Crippen LogP contribution >= 0.6 is 0 Å². The number of aliphatic imine (C=N–C) groups is 1. The number of nitrogens with two attached hydrogens (primary N) is 1. The number of hydrogen-bond acceptors (Lipinski definition) is 4. The van der Waals surface area contributed by atoms with Crippen LogP contribution in [-0.4, -0.2) is 30.4 Å². The van der Waals surface area contributed by atoms with E-state index in [0.29, 0.717) is 12.4 Å². The molecule has 3 rings (SSSR count). The molecule has 1 heterocycles. The van der Waals surface area contributed by atoms with Crippen molar-refractivity contribution in [2.75, 3.05) is 19.6 Å². The molecule has 0 aliphatic carbocycles. The zero-order valence-corrected chi connectivity index (χ0v) is 21.4. The molecule has 1 aliphatic heterocycles. The summed E-state index contributed by atoms with van der Waals surface area (Å²) in [4.78, 5) is 7.54. The molecule has 2 aromatic rings. The van der Waals surface area contributed by atoms with Gasteiger partial charge in [0.25, 0.3) is 0 Å². The van der Waals surface area contributed by atoms with Crippen molar-refractivity contribution in [1.82, 2.24) is 15.5 Å². The highest BCUT2D eigenvalue weighted by Crippen LogP contribution is 2.29. The van der Waals surface area contributed by atoms with E-state index < -0.39 is 0 Å². The number of rotatable bonds is 8. The third-order valence-electron chi connectivity index (χ3n) is 6.33. The van der Waals surface area contributed by atoms with Crippen LogP contribution in [-0.2, 0) is 12.8 Å². The Bertz CT molecular complexity index is 1120. The van der Waals surface area contributed by atoms with E-state index in [2.05, 4.69) is 93.7 Å². The Kier molecular flexibility index (Phi) is 8.21. The van der Waals surface area contributed by atoms with Crippen LogP contribution < -0.4 is 16.4 Å². The Morgan fingerprint density at radius 3 is 2.44 bits per heavy atom. The molecule has 0 atom stereocenters. The fourth-order valence-corrected chi connectivity index (χ4v) is 4.69. The summed E-state index contributed by atoms with van der Waals surface area (Å²) in [6, 6.07) is 9.04. The molecule has 34 heavy (non-hydrogen) atoms. The van der Waals surface area contributed by atoms with Gasteiger partial charge in [-0.2, -0.15) is 0 Å². The van der Waals surface area contributed by atoms with Crippen molar-refractivity contribution in [1.29, 1.82) is 0 Å². The van der Waals surface area contributed by atoms with Crippen molar-refractivity contribution in [3.63, 3.8) is 0 Å². The van der Waals surface area contributed by atoms with E-state index in [1.165, 1.54) is 38.9 Å². The third kappa shape index (κ3) is 5.90. The smallest absolute Gasteiger partial charge is 0.131 e. The molecule has 4 N–H and O–H groups in total. The highest BCUT2D eigenvalue weighted by atomic mass is 15.2. The number of hydrogen-bond donors (Lipinski definition) is 3. The summed E-state index contributed by atoms with van der Waals surface area (Å²) in [7, 11) is 0. The van der Waals surface area contributed by atoms with Crippen LogP contribution in [0.25, 0.3) is 5.70 Å². The van der Waals surface area contributed by atoms with E-state index >= 15 is 0 Å². The second kappa shape index (κ2) is 11.1. The van der Waals surface area contributed by atoms with Crippen LogP contribution in [0.1, 0.15) is 45.9 Å². The topological polar surface area (TPSA) is 65.7 Å². The van der Waals surface area contributed by atoms with Crippen LogP contribution in [0.5, 0.6) is 0 Å². The lowest BCUT2D eigenvalue weighted by Crippen LogP contribution is -2.39. The van der Waals surface area contributed by atoms with Gasteiger partial charge in [0.1, 0.15) is 5.84 Å². The first-order chi connectivity index (χ1) is 16.2. The molecule has 0 aromatic heterocycles. The Balaban J connectivity index is 2.18. The molecule has 0 unspecified atom stereocenters. The minimum absolute atomic E-state index is 0.480. The Hall–Kier alpha value is -3.47. The molecule has 5 nitrogen and oxygen atoms in total. The minimum atomic E-state index is 0.480. The number of aryl methyl sites for hydroxylation is 5. The number of nitrogens with one attached hydrogen (secondary N) is 2. The van der Waals surface area contributed by atoms with Crippen molar-refractivity contribution >= 4 is 17.2 Å². The first kappa shape index (κ1) is 25.2. The molecule has 0 fully saturated rings. The minimum Gasteiger partial charge on any atom is -0.386 e. The molecular formula is C29H39N5. The lowest BCUT2D eigenvalue weighted by Gasteiger charge is -2.29. The summed E-state index contributed by atoms with van der Waals surface area (Å²) in [6.45, 7) is 20.8. The number of amidine groups is 1. The molecule has 1 aliphatic rings. The molecule has 0 bridgehead atoms. The summed E-state index contributed by atoms with van der Waals surface area (Å²) in [6.07, 6.45) is 5.83. The molecule has 5 heteroatoms. The summed E-state index contributed by atoms with van der Waals surface area (Å²) < 4.78 is 0. The highest BCUT2D eigenvalue weighted by molar-refractivity contribution is 6.01. The Morgan fingerprint density at radius 2 is 1.82 bits per heavy atom. The van der Waals surface area contributed by atoms with Crippen LogP contribution in [0, 0.1) is 27.7 Å². The number of nitrogens with zero attached hydrogens (tertiary/aromatic N) is 2. The van der Waals surface area contributed by atoms with Gasteiger partial charge in [-0.1, -0.05) is 43.8 Å². The lowest BCUT2D eigenvalue weighted by molar-refractivity contribution is 0.421. The van der Waals surface area contributed by atoms with Gasteiger partial charge in [0.2, 0.25) is 0 Å². The van der Waals surface area contributed by atoms with E-state index in [9.17, 15) is 0 Å². The van der Waals surface area contributed by atoms with Gasteiger partial charge in [-0.25, -0.2) is 4.99 Å². The zero-order valence-electron chi connectivity index (χ0n) is 21.4. The summed E-state index contributed by atoms with van der Waals surface area (Å²) in [5, 5.41) is 6.55. The number of fused-ring (bicyclic) bond motifs is 1.